The van der Waals surface area contributed by atoms with Crippen LogP contribution in [0.1, 0.15) is 39.9 Å². The Morgan fingerprint density at radius 3 is 2.54 bits per heavy atom. The number of ether oxygens (including phenoxy) is 2. The number of hydrogen-bond donors (Lipinski definition) is 1. The van der Waals surface area contributed by atoms with Crippen molar-refractivity contribution in [2.45, 2.75) is 38.6 Å². The van der Waals surface area contributed by atoms with Crippen LogP contribution in [-0.2, 0) is 34.0 Å². The Balaban J connectivity index is 1.28. The van der Waals surface area contributed by atoms with Gasteiger partial charge in [0.25, 0.3) is 5.91 Å². The van der Waals surface area contributed by atoms with Crippen LogP contribution in [0.25, 0.3) is 0 Å². The summed E-state index contributed by atoms with van der Waals surface area (Å²) >= 11 is 0. The van der Waals surface area contributed by atoms with Gasteiger partial charge in [0.1, 0.15) is 34.1 Å². The molecule has 1 unspecified atom stereocenters. The first-order chi connectivity index (χ1) is 16.9. The van der Waals surface area contributed by atoms with Crippen LogP contribution in [0.2, 0.25) is 0 Å². The first kappa shape index (κ1) is 23.6. The number of carbonyl (C=O) groups is 3. The Morgan fingerprint density at radius 2 is 1.83 bits per heavy atom. The number of rotatable bonds is 6. The van der Waals surface area contributed by atoms with Crippen molar-refractivity contribution >= 4 is 44.3 Å². The maximum Gasteiger partial charge on any atom is 0.255 e. The van der Waals surface area contributed by atoms with Crippen LogP contribution >= 0.6 is 0 Å². The van der Waals surface area contributed by atoms with E-state index in [1.54, 1.807) is 18.2 Å². The molecule has 2 fully saturated rings. The van der Waals surface area contributed by atoms with Crippen LogP contribution in [0, 0.1) is 0 Å². The van der Waals surface area contributed by atoms with Crippen molar-refractivity contribution < 1.29 is 23.9 Å². The smallest absolute Gasteiger partial charge is 0.255 e. The second-order valence-electron chi connectivity index (χ2n) is 9.11. The minimum atomic E-state index is -0.668. The van der Waals surface area contributed by atoms with Gasteiger partial charge in [-0.3, -0.25) is 24.6 Å². The van der Waals surface area contributed by atoms with E-state index in [1.807, 2.05) is 12.1 Å². The second-order valence-corrected chi connectivity index (χ2v) is 9.11. The highest BCUT2D eigenvalue weighted by atomic mass is 16.5. The van der Waals surface area contributed by atoms with Crippen LogP contribution in [0.15, 0.2) is 30.3 Å². The van der Waals surface area contributed by atoms with Crippen LogP contribution in [0.3, 0.4) is 0 Å². The van der Waals surface area contributed by atoms with Gasteiger partial charge in [-0.05, 0) is 29.7 Å². The molecule has 0 bridgehead atoms. The highest BCUT2D eigenvalue weighted by Gasteiger charge is 2.40. The zero-order valence-electron chi connectivity index (χ0n) is 19.4. The number of piperidine rings is 1. The molecule has 1 N–H and O–H groups in total. The summed E-state index contributed by atoms with van der Waals surface area (Å²) in [5.74, 6) is -0.414. The highest BCUT2D eigenvalue weighted by molar-refractivity contribution is 6.39. The lowest BCUT2D eigenvalue weighted by Gasteiger charge is -2.29. The van der Waals surface area contributed by atoms with Crippen molar-refractivity contribution in [3.8, 4) is 5.75 Å². The number of imide groups is 1. The summed E-state index contributed by atoms with van der Waals surface area (Å²) in [5.41, 5.74) is 4.20. The lowest BCUT2D eigenvalue weighted by molar-refractivity contribution is -0.136. The summed E-state index contributed by atoms with van der Waals surface area (Å²) in [7, 11) is 12.7. The van der Waals surface area contributed by atoms with Gasteiger partial charge >= 0.3 is 0 Å². The van der Waals surface area contributed by atoms with E-state index < -0.39 is 11.9 Å². The molecule has 35 heavy (non-hydrogen) atoms. The van der Waals surface area contributed by atoms with Gasteiger partial charge in [0.15, 0.2) is 0 Å². The molecule has 8 nitrogen and oxygen atoms in total. The Morgan fingerprint density at radius 1 is 1.09 bits per heavy atom. The Hall–Kier alpha value is -3.10. The number of amides is 3. The molecular weight excluding hydrogens is 444 g/mol. The average Bonchev–Trinajstić information content (AvgIpc) is 3.17. The molecule has 10 heteroatoms. The Labute approximate surface area is 206 Å². The van der Waals surface area contributed by atoms with Gasteiger partial charge in [0.05, 0.1) is 19.8 Å². The number of carbonyl (C=O) groups excluding carboxylic acids is 3. The van der Waals surface area contributed by atoms with Crippen LogP contribution in [0.5, 0.6) is 5.75 Å². The lowest BCUT2D eigenvalue weighted by atomic mass is 9.79. The van der Waals surface area contributed by atoms with E-state index in [1.165, 1.54) is 4.90 Å². The largest absolute Gasteiger partial charge is 0.489 e. The molecule has 2 aromatic rings. The van der Waals surface area contributed by atoms with Crippen molar-refractivity contribution in [2.75, 3.05) is 26.3 Å². The number of nitrogens with zero attached hydrogens (tertiary/aromatic N) is 2. The van der Waals surface area contributed by atoms with Crippen molar-refractivity contribution in [1.82, 2.24) is 15.1 Å². The first-order valence-corrected chi connectivity index (χ1v) is 11.8. The third-order valence-electron chi connectivity index (χ3n) is 6.80. The molecule has 0 aliphatic carbocycles. The van der Waals surface area contributed by atoms with Gasteiger partial charge in [-0.1, -0.05) is 29.1 Å². The van der Waals surface area contributed by atoms with Crippen LogP contribution in [0.4, 0.5) is 0 Å². The molecule has 0 saturated carbocycles. The molecule has 3 amide bonds. The maximum atomic E-state index is 13.0. The third kappa shape index (κ3) is 4.86. The van der Waals surface area contributed by atoms with Crippen molar-refractivity contribution in [3.63, 3.8) is 0 Å². The molecule has 176 valence electrons. The number of hydrogen-bond acceptors (Lipinski definition) is 6. The van der Waals surface area contributed by atoms with E-state index in [0.717, 1.165) is 29.8 Å². The van der Waals surface area contributed by atoms with Crippen molar-refractivity contribution in [2.24, 2.45) is 0 Å². The maximum absolute atomic E-state index is 13.0. The fourth-order valence-corrected chi connectivity index (χ4v) is 4.88. The molecule has 3 aliphatic rings. The van der Waals surface area contributed by atoms with Gasteiger partial charge in [0, 0.05) is 37.2 Å². The van der Waals surface area contributed by atoms with E-state index in [0.29, 0.717) is 48.4 Å². The van der Waals surface area contributed by atoms with E-state index in [4.69, 9.17) is 25.2 Å². The van der Waals surface area contributed by atoms with Gasteiger partial charge in [-0.15, -0.1) is 0 Å². The minimum absolute atomic E-state index is 0.213. The van der Waals surface area contributed by atoms with Crippen molar-refractivity contribution in [1.29, 1.82) is 0 Å². The van der Waals surface area contributed by atoms with E-state index >= 15 is 0 Å². The topological polar surface area (TPSA) is 88.2 Å². The monoisotopic (exact) mass is 469 g/mol. The quantitative estimate of drug-likeness (QED) is 0.452. The molecule has 3 aliphatic heterocycles. The van der Waals surface area contributed by atoms with E-state index in [2.05, 4.69) is 10.2 Å². The molecule has 1 atom stereocenters. The molecule has 5 rings (SSSR count). The lowest BCUT2D eigenvalue weighted by Crippen LogP contribution is -2.52. The van der Waals surface area contributed by atoms with Crippen LogP contribution in [-0.4, -0.2) is 75.6 Å². The van der Waals surface area contributed by atoms with Crippen LogP contribution < -0.4 is 21.0 Å². The summed E-state index contributed by atoms with van der Waals surface area (Å²) in [4.78, 5) is 40.6. The number of morpholine rings is 1. The fourth-order valence-electron chi connectivity index (χ4n) is 4.88. The first-order valence-electron chi connectivity index (χ1n) is 11.8. The van der Waals surface area contributed by atoms with Gasteiger partial charge in [0.2, 0.25) is 11.8 Å². The number of benzene rings is 2. The summed E-state index contributed by atoms with van der Waals surface area (Å²) in [6, 6.07) is 8.37. The zero-order chi connectivity index (χ0) is 24.5. The number of nitrogens with one attached hydrogen (secondary N) is 1. The molecule has 3 heterocycles. The summed E-state index contributed by atoms with van der Waals surface area (Å²) < 4.78 is 11.5. The summed E-state index contributed by atoms with van der Waals surface area (Å²) in [6.45, 7) is 4.25. The Bertz CT molecular complexity index is 1160. The second kappa shape index (κ2) is 9.87. The Kier molecular flexibility index (Phi) is 6.67. The SMILES string of the molecule is [B]c1cc(COc2cccc3c2CN(C2CCC(=O)NC2=O)C3=O)cc([B])c1CN1CCOCC1. The number of fused-ring (bicyclic) bond motifs is 1. The minimum Gasteiger partial charge on any atom is -0.489 e. The molecule has 0 spiro atoms. The van der Waals surface area contributed by atoms with Gasteiger partial charge in [-0.2, -0.15) is 0 Å². The highest BCUT2D eigenvalue weighted by Crippen LogP contribution is 2.33. The molecular formula is C25H25B2N3O5. The summed E-state index contributed by atoms with van der Waals surface area (Å²) in [6.07, 6.45) is 0.528. The van der Waals surface area contributed by atoms with Crippen molar-refractivity contribution in [3.05, 3.63) is 52.6 Å². The average molecular weight is 469 g/mol. The van der Waals surface area contributed by atoms with Gasteiger partial charge in [-0.25, -0.2) is 0 Å². The summed E-state index contributed by atoms with van der Waals surface area (Å²) in [5, 5.41) is 2.32. The zero-order valence-corrected chi connectivity index (χ0v) is 19.4. The standard InChI is InChI=1S/C25H25B2N3O5/c26-19-10-15(11-20(27)18(19)12-29-6-8-34-9-7-29)14-35-22-3-1-2-16-17(22)13-30(25(16)33)21-4-5-23(31)28-24(21)32/h1-3,10-11,21H,4-9,12-14H2,(H,28,31,32). The molecule has 4 radical (unpaired) electrons. The van der Waals surface area contributed by atoms with E-state index in [9.17, 15) is 14.4 Å². The predicted molar refractivity (Wildman–Crippen MR) is 130 cm³/mol. The third-order valence-corrected chi connectivity index (χ3v) is 6.80. The molecule has 2 saturated heterocycles. The molecule has 0 aromatic heterocycles. The fraction of sp³-hybridized carbons (Fsp3) is 0.400. The predicted octanol–water partition coefficient (Wildman–Crippen LogP) is -0.554. The van der Waals surface area contributed by atoms with E-state index in [-0.39, 0.29) is 31.4 Å². The normalized spacial score (nSPS) is 20.6. The molecule has 2 aromatic carbocycles. The van der Waals surface area contributed by atoms with Gasteiger partial charge < -0.3 is 14.4 Å².